The number of carbonyl (C=O) groups is 1. The fourth-order valence-corrected chi connectivity index (χ4v) is 5.31. The van der Waals surface area contributed by atoms with E-state index in [1.165, 1.54) is 11.3 Å². The van der Waals surface area contributed by atoms with Gasteiger partial charge < -0.3 is 9.90 Å². The number of aromatic nitrogens is 2. The van der Waals surface area contributed by atoms with E-state index in [0.29, 0.717) is 29.1 Å². The molecule has 1 aliphatic rings. The smallest absolute Gasteiger partial charge is 0.332 e. The lowest BCUT2D eigenvalue weighted by molar-refractivity contribution is -0.306. The molecule has 0 aliphatic heterocycles. The van der Waals surface area contributed by atoms with E-state index in [9.17, 15) is 19.5 Å². The first-order valence-electron chi connectivity index (χ1n) is 9.47. The number of carbonyl (C=O) groups excluding carboxylic acids is 1. The monoisotopic (exact) mass is 397 g/mol. The molecular formula is C21H21N2O4S-. The summed E-state index contributed by atoms with van der Waals surface area (Å²) in [5.41, 5.74) is 0.982. The standard InChI is InChI=1S/C21H22N2O4S/c1-13-7-8-16-15(11-13)18-19(26)23(12-17(24)25)21(27)22(20(18)28-16)10-9-14-5-3-2-4-6-14/h2-6,13H,7-12H2,1H3,(H,24,25)/p-1/t13-/m0/s1. The molecule has 0 N–H and O–H groups in total. The third kappa shape index (κ3) is 3.30. The summed E-state index contributed by atoms with van der Waals surface area (Å²) < 4.78 is 2.38. The van der Waals surface area contributed by atoms with Gasteiger partial charge in [0.05, 0.1) is 17.9 Å². The van der Waals surface area contributed by atoms with E-state index in [-0.39, 0.29) is 0 Å². The van der Waals surface area contributed by atoms with Gasteiger partial charge in [0.1, 0.15) is 4.83 Å². The number of thiophene rings is 1. The molecule has 0 fully saturated rings. The Labute approximate surface area is 165 Å². The predicted molar refractivity (Wildman–Crippen MR) is 107 cm³/mol. The van der Waals surface area contributed by atoms with Gasteiger partial charge in [0.15, 0.2) is 0 Å². The molecule has 0 spiro atoms. The molecule has 0 saturated heterocycles. The zero-order chi connectivity index (χ0) is 19.8. The normalized spacial score (nSPS) is 16.2. The van der Waals surface area contributed by atoms with E-state index < -0.39 is 23.8 Å². The van der Waals surface area contributed by atoms with Crippen LogP contribution < -0.4 is 16.4 Å². The Kier molecular flexibility index (Phi) is 4.93. The summed E-state index contributed by atoms with van der Waals surface area (Å²) in [6.07, 6.45) is 3.36. The van der Waals surface area contributed by atoms with Crippen molar-refractivity contribution >= 4 is 27.5 Å². The highest BCUT2D eigenvalue weighted by molar-refractivity contribution is 7.18. The first-order chi connectivity index (χ1) is 13.5. The number of carboxylic acids is 1. The van der Waals surface area contributed by atoms with Crippen LogP contribution >= 0.6 is 11.3 Å². The molecule has 146 valence electrons. The second kappa shape index (κ2) is 7.39. The van der Waals surface area contributed by atoms with E-state index >= 15 is 0 Å². The van der Waals surface area contributed by atoms with Crippen LogP contribution in [-0.2, 0) is 37.1 Å². The number of hydrogen-bond acceptors (Lipinski definition) is 5. The van der Waals surface area contributed by atoms with Crippen molar-refractivity contribution < 1.29 is 9.90 Å². The summed E-state index contributed by atoms with van der Waals surface area (Å²) in [5, 5.41) is 11.7. The molecule has 2 heterocycles. The first kappa shape index (κ1) is 18.7. The third-order valence-corrected chi connectivity index (χ3v) is 6.72. The Balaban J connectivity index is 1.90. The first-order valence-corrected chi connectivity index (χ1v) is 10.3. The van der Waals surface area contributed by atoms with E-state index in [1.54, 1.807) is 4.57 Å². The topological polar surface area (TPSA) is 84.1 Å². The van der Waals surface area contributed by atoms with Crippen LogP contribution in [0.5, 0.6) is 0 Å². The van der Waals surface area contributed by atoms with Crippen molar-refractivity contribution in [1.82, 2.24) is 9.13 Å². The Morgan fingerprint density at radius 2 is 1.96 bits per heavy atom. The predicted octanol–water partition coefficient (Wildman–Crippen LogP) is 1.34. The molecule has 7 heteroatoms. The Morgan fingerprint density at radius 1 is 1.21 bits per heavy atom. The molecule has 1 aliphatic carbocycles. The molecule has 0 radical (unpaired) electrons. The van der Waals surface area contributed by atoms with Crippen molar-refractivity contribution in [3.8, 4) is 0 Å². The zero-order valence-corrected chi connectivity index (χ0v) is 16.5. The zero-order valence-electron chi connectivity index (χ0n) is 15.6. The minimum atomic E-state index is -1.44. The van der Waals surface area contributed by atoms with Crippen molar-refractivity contribution in [3.05, 3.63) is 67.2 Å². The molecule has 0 amide bonds. The molecule has 3 aromatic rings. The van der Waals surface area contributed by atoms with Crippen LogP contribution in [0.15, 0.2) is 39.9 Å². The molecule has 1 atom stereocenters. The van der Waals surface area contributed by atoms with E-state index in [2.05, 4.69) is 6.92 Å². The Bertz CT molecular complexity index is 1160. The quantitative estimate of drug-likeness (QED) is 0.650. The van der Waals surface area contributed by atoms with Crippen molar-refractivity contribution in [2.75, 3.05) is 0 Å². The average Bonchev–Trinajstić information content (AvgIpc) is 3.04. The van der Waals surface area contributed by atoms with Gasteiger partial charge in [-0.15, -0.1) is 11.3 Å². The maximum atomic E-state index is 13.0. The number of nitrogens with zero attached hydrogens (tertiary/aromatic N) is 2. The van der Waals surface area contributed by atoms with E-state index in [4.69, 9.17) is 0 Å². The molecule has 4 rings (SSSR count). The fourth-order valence-electron chi connectivity index (χ4n) is 3.96. The van der Waals surface area contributed by atoms with Gasteiger partial charge in [-0.3, -0.25) is 13.9 Å². The average molecular weight is 397 g/mol. The number of aliphatic carboxylic acids is 1. The summed E-state index contributed by atoms with van der Waals surface area (Å²) in [6, 6.07) is 9.79. The minimum absolute atomic E-state index is 0.390. The lowest BCUT2D eigenvalue weighted by Crippen LogP contribution is -2.44. The van der Waals surface area contributed by atoms with Gasteiger partial charge in [0, 0.05) is 11.4 Å². The molecule has 28 heavy (non-hydrogen) atoms. The molecule has 6 nitrogen and oxygen atoms in total. The largest absolute Gasteiger partial charge is 0.548 e. The molecule has 2 aromatic heterocycles. The van der Waals surface area contributed by atoms with Gasteiger partial charge in [0.25, 0.3) is 5.56 Å². The summed E-state index contributed by atoms with van der Waals surface area (Å²) in [7, 11) is 0. The van der Waals surface area contributed by atoms with Crippen LogP contribution in [0.1, 0.15) is 29.3 Å². The maximum absolute atomic E-state index is 13.0. The van der Waals surface area contributed by atoms with Gasteiger partial charge in [-0.1, -0.05) is 37.3 Å². The van der Waals surface area contributed by atoms with Gasteiger partial charge in [0.2, 0.25) is 0 Å². The van der Waals surface area contributed by atoms with Crippen LogP contribution in [0.4, 0.5) is 0 Å². The number of rotatable bonds is 5. The summed E-state index contributed by atoms with van der Waals surface area (Å²) in [4.78, 5) is 39.0. The van der Waals surface area contributed by atoms with Crippen molar-refractivity contribution in [2.24, 2.45) is 5.92 Å². The molecular weight excluding hydrogens is 376 g/mol. The van der Waals surface area contributed by atoms with Crippen LogP contribution in [0.3, 0.4) is 0 Å². The van der Waals surface area contributed by atoms with Gasteiger partial charge >= 0.3 is 5.69 Å². The van der Waals surface area contributed by atoms with Crippen LogP contribution in [0.25, 0.3) is 10.2 Å². The van der Waals surface area contributed by atoms with E-state index in [0.717, 1.165) is 39.8 Å². The summed E-state index contributed by atoms with van der Waals surface area (Å²) in [6.45, 7) is 1.82. The minimum Gasteiger partial charge on any atom is -0.548 e. The number of aryl methyl sites for hydroxylation is 3. The fraction of sp³-hybridized carbons (Fsp3) is 0.381. The highest BCUT2D eigenvalue weighted by Crippen LogP contribution is 2.36. The number of benzene rings is 1. The van der Waals surface area contributed by atoms with E-state index in [1.807, 2.05) is 30.3 Å². The third-order valence-electron chi connectivity index (χ3n) is 5.41. The van der Waals surface area contributed by atoms with Gasteiger partial charge in [-0.25, -0.2) is 4.79 Å². The second-order valence-corrected chi connectivity index (χ2v) is 8.55. The number of hydrogen-bond donors (Lipinski definition) is 0. The Hall–Kier alpha value is -2.67. The van der Waals surface area contributed by atoms with Crippen molar-refractivity contribution in [1.29, 1.82) is 0 Å². The highest BCUT2D eigenvalue weighted by Gasteiger charge is 2.25. The summed E-state index contributed by atoms with van der Waals surface area (Å²) in [5.74, 6) is -0.977. The van der Waals surface area contributed by atoms with Crippen LogP contribution in [0, 0.1) is 5.92 Å². The SMILES string of the molecule is C[C@H]1CCc2sc3c(c2C1)c(=O)n(CC(=O)[O-])c(=O)n3CCc1ccccc1. The Morgan fingerprint density at radius 3 is 2.68 bits per heavy atom. The van der Waals surface area contributed by atoms with Crippen LogP contribution in [-0.4, -0.2) is 15.1 Å². The van der Waals surface area contributed by atoms with Crippen molar-refractivity contribution in [2.45, 2.75) is 45.7 Å². The number of fused-ring (bicyclic) bond motifs is 3. The molecule has 1 aromatic carbocycles. The van der Waals surface area contributed by atoms with Gasteiger partial charge in [-0.05, 0) is 42.7 Å². The number of carboxylic acid groups (broad SMARTS) is 1. The summed E-state index contributed by atoms with van der Waals surface area (Å²) >= 11 is 1.51. The molecule has 0 unspecified atom stereocenters. The van der Waals surface area contributed by atoms with Crippen molar-refractivity contribution in [3.63, 3.8) is 0 Å². The second-order valence-electron chi connectivity index (χ2n) is 7.47. The lowest BCUT2D eigenvalue weighted by Gasteiger charge is -2.18. The molecule has 0 saturated carbocycles. The molecule has 0 bridgehead atoms. The maximum Gasteiger partial charge on any atom is 0.332 e. The lowest BCUT2D eigenvalue weighted by atomic mass is 9.89. The van der Waals surface area contributed by atoms with Crippen LogP contribution in [0.2, 0.25) is 0 Å². The highest BCUT2D eigenvalue weighted by atomic mass is 32.1. The van der Waals surface area contributed by atoms with Gasteiger partial charge in [-0.2, -0.15) is 0 Å².